The number of nitrogens with one attached hydrogen (secondary N) is 7. The highest BCUT2D eigenvalue weighted by molar-refractivity contribution is 7.98. The first-order valence-electron chi connectivity index (χ1n) is 27.7. The van der Waals surface area contributed by atoms with Gasteiger partial charge in [-0.15, -0.1) is 0 Å². The van der Waals surface area contributed by atoms with Crippen LogP contribution in [0.3, 0.4) is 0 Å². The highest BCUT2D eigenvalue weighted by Gasteiger charge is 2.46. The van der Waals surface area contributed by atoms with Crippen LogP contribution in [-0.4, -0.2) is 181 Å². The maximum absolute atomic E-state index is 14.0. The van der Waals surface area contributed by atoms with E-state index < -0.39 is 95.4 Å². The third-order valence-corrected chi connectivity index (χ3v) is 14.3. The second-order valence-electron chi connectivity index (χ2n) is 20.8. The standard InChI is InChI=1S/C54H84N10O14S/c1-33(2)32-39(48(69)59-38(54(75)76)15-6-7-23-55)60-47(68)37(22-31-79-5)58-49(70)40-17-11-26-63(40)53(74)46(34(3)4)61-43(66)21-20-42(65)57-25-13-30-78-28-9-8-27-77-29-12-24-56-36-16-10-14-35-45(36)52(73)64(51(35)72)41-18-19-44(67)62-50(41)71/h10,14,16,33-34,37-41,46,56H,6-9,11-13,15,17-32,55H2,1-5H3,(H,57,65)(H,58,70)(H,59,69)(H,60,68)(H,61,66)(H,75,76)(H,62,67,71)/t37-,38-,39-,40-,41?,46-/m0/s1. The molecule has 0 bridgehead atoms. The SMILES string of the molecule is CSCC[C@H](NC(=O)[C@@H]1CCCN1C(=O)[C@@H](NC(=O)CCC(=O)NCCCOCCCCOCCCNc1cccc2c1C(=O)N(C1CCC(=O)NC1=O)C2=O)C(C)C)C(=O)N[C@@H](CC(C)C)C(=O)N[C@@H](CCCCN)C(=O)O. The summed E-state index contributed by atoms with van der Waals surface area (Å²) in [5.74, 6) is -6.47. The van der Waals surface area contributed by atoms with E-state index in [0.29, 0.717) is 96.0 Å². The van der Waals surface area contributed by atoms with Gasteiger partial charge in [0.15, 0.2) is 0 Å². The largest absolute Gasteiger partial charge is 0.480 e. The molecule has 0 aliphatic carbocycles. The van der Waals surface area contributed by atoms with E-state index in [1.54, 1.807) is 32.0 Å². The summed E-state index contributed by atoms with van der Waals surface area (Å²) >= 11 is 1.46. The first kappa shape index (κ1) is 65.3. The number of rotatable bonds is 37. The van der Waals surface area contributed by atoms with Gasteiger partial charge in [-0.05, 0) is 120 Å². The Labute approximate surface area is 467 Å². The fraction of sp³-hybridized carbons (Fsp3) is 0.685. The molecule has 25 heteroatoms. The van der Waals surface area contributed by atoms with Crippen molar-refractivity contribution in [3.05, 3.63) is 29.3 Å². The summed E-state index contributed by atoms with van der Waals surface area (Å²) in [4.78, 5) is 145. The zero-order valence-electron chi connectivity index (χ0n) is 46.5. The number of carbonyl (C=O) groups is 11. The molecule has 440 valence electrons. The summed E-state index contributed by atoms with van der Waals surface area (Å²) in [5.41, 5.74) is 6.45. The number of carbonyl (C=O) groups excluding carboxylic acids is 10. The van der Waals surface area contributed by atoms with Crippen molar-refractivity contribution in [1.29, 1.82) is 0 Å². The first-order chi connectivity index (χ1) is 37.8. The van der Waals surface area contributed by atoms with Gasteiger partial charge in [-0.25, -0.2) is 4.79 Å². The van der Waals surface area contributed by atoms with E-state index in [2.05, 4.69) is 37.2 Å². The van der Waals surface area contributed by atoms with Crippen LogP contribution in [0.15, 0.2) is 18.2 Å². The van der Waals surface area contributed by atoms with E-state index in [0.717, 1.165) is 17.7 Å². The molecule has 0 radical (unpaired) electrons. The number of aliphatic carboxylic acids is 1. The summed E-state index contributed by atoms with van der Waals surface area (Å²) in [6.07, 6.45) is 6.93. The molecular formula is C54H84N10O14S. The number of benzene rings is 1. The summed E-state index contributed by atoms with van der Waals surface area (Å²) in [6.45, 7) is 10.6. The van der Waals surface area contributed by atoms with Gasteiger partial charge in [0, 0.05) is 71.0 Å². The van der Waals surface area contributed by atoms with Gasteiger partial charge in [0.1, 0.15) is 36.3 Å². The number of ether oxygens (including phenoxy) is 2. The Hall–Kier alpha value is -6.18. The minimum absolute atomic E-state index is 0.0436. The van der Waals surface area contributed by atoms with Gasteiger partial charge in [-0.1, -0.05) is 33.8 Å². The zero-order valence-corrected chi connectivity index (χ0v) is 47.3. The van der Waals surface area contributed by atoms with Crippen LogP contribution in [0.2, 0.25) is 0 Å². The molecule has 3 aliphatic heterocycles. The molecule has 10 amide bonds. The van der Waals surface area contributed by atoms with Crippen molar-refractivity contribution in [2.24, 2.45) is 17.6 Å². The normalized spacial score (nSPS) is 17.7. The van der Waals surface area contributed by atoms with E-state index in [4.69, 9.17) is 15.2 Å². The molecule has 1 unspecified atom stereocenters. The van der Waals surface area contributed by atoms with Crippen molar-refractivity contribution in [2.45, 2.75) is 160 Å². The first-order valence-corrected chi connectivity index (χ1v) is 29.1. The van der Waals surface area contributed by atoms with Crippen molar-refractivity contribution in [2.75, 3.05) is 69.9 Å². The number of nitrogens with zero attached hydrogens (tertiary/aromatic N) is 2. The number of nitrogens with two attached hydrogens (primary N) is 1. The van der Waals surface area contributed by atoms with E-state index >= 15 is 0 Å². The van der Waals surface area contributed by atoms with Crippen LogP contribution in [0.1, 0.15) is 145 Å². The molecule has 1 aromatic rings. The summed E-state index contributed by atoms with van der Waals surface area (Å²) in [6, 6.07) is -1.34. The Morgan fingerprint density at radius 2 is 1.43 bits per heavy atom. The number of piperidine rings is 1. The molecule has 2 saturated heterocycles. The maximum atomic E-state index is 14.0. The summed E-state index contributed by atoms with van der Waals surface area (Å²) < 4.78 is 11.4. The minimum Gasteiger partial charge on any atom is -0.480 e. The molecule has 24 nitrogen and oxygen atoms in total. The van der Waals surface area contributed by atoms with Crippen LogP contribution in [0.5, 0.6) is 0 Å². The third kappa shape index (κ3) is 20.8. The lowest BCUT2D eigenvalue weighted by Crippen LogP contribution is -2.59. The topological polar surface area (TPSA) is 343 Å². The van der Waals surface area contributed by atoms with E-state index in [1.807, 2.05) is 20.1 Å². The molecule has 4 rings (SSSR count). The lowest BCUT2D eigenvalue weighted by molar-refractivity contribution is -0.143. The van der Waals surface area contributed by atoms with Crippen LogP contribution < -0.4 is 43.0 Å². The lowest BCUT2D eigenvalue weighted by atomic mass is 10.0. The number of unbranched alkanes of at least 4 members (excludes halogenated alkanes) is 2. The Bertz CT molecular complexity index is 2290. The summed E-state index contributed by atoms with van der Waals surface area (Å²) in [7, 11) is 0. The average Bonchev–Trinajstić information content (AvgIpc) is 4.24. The van der Waals surface area contributed by atoms with Crippen LogP contribution in [0.25, 0.3) is 0 Å². The van der Waals surface area contributed by atoms with Crippen LogP contribution in [-0.2, 0) is 52.6 Å². The molecule has 0 saturated carbocycles. The number of amides is 10. The highest BCUT2D eigenvalue weighted by atomic mass is 32.2. The number of carboxylic acids is 1. The van der Waals surface area contributed by atoms with Crippen LogP contribution in [0.4, 0.5) is 5.69 Å². The molecule has 3 aliphatic rings. The Morgan fingerprint density at radius 3 is 2.08 bits per heavy atom. The van der Waals surface area contributed by atoms with Gasteiger partial charge in [0.2, 0.25) is 47.3 Å². The average molecular weight is 1130 g/mol. The van der Waals surface area contributed by atoms with Gasteiger partial charge >= 0.3 is 5.97 Å². The Kier molecular flexibility index (Phi) is 28.2. The third-order valence-electron chi connectivity index (χ3n) is 13.7. The summed E-state index contributed by atoms with van der Waals surface area (Å²) in [5, 5.41) is 28.8. The quantitative estimate of drug-likeness (QED) is 0.0337. The predicted octanol–water partition coefficient (Wildman–Crippen LogP) is 1.59. The van der Waals surface area contributed by atoms with Crippen molar-refractivity contribution in [1.82, 2.24) is 41.7 Å². The van der Waals surface area contributed by atoms with Crippen molar-refractivity contribution < 1.29 is 67.3 Å². The second kappa shape index (κ2) is 34.1. The predicted molar refractivity (Wildman–Crippen MR) is 294 cm³/mol. The van der Waals surface area contributed by atoms with Gasteiger partial charge in [0.25, 0.3) is 11.8 Å². The van der Waals surface area contributed by atoms with E-state index in [-0.39, 0.29) is 80.4 Å². The van der Waals surface area contributed by atoms with Crippen molar-refractivity contribution >= 4 is 82.5 Å². The number of anilines is 1. The van der Waals surface area contributed by atoms with Crippen molar-refractivity contribution in [3.63, 3.8) is 0 Å². The molecule has 0 spiro atoms. The monoisotopic (exact) mass is 1130 g/mol. The molecule has 10 N–H and O–H groups in total. The maximum Gasteiger partial charge on any atom is 0.326 e. The number of hydrogen-bond acceptors (Lipinski definition) is 16. The number of carboxylic acid groups (broad SMARTS) is 1. The molecule has 2 fully saturated rings. The van der Waals surface area contributed by atoms with E-state index in [1.165, 1.54) is 16.7 Å². The Morgan fingerprint density at radius 1 is 0.772 bits per heavy atom. The molecular weight excluding hydrogens is 1040 g/mol. The number of imide groups is 2. The molecule has 0 aromatic heterocycles. The fourth-order valence-corrected chi connectivity index (χ4v) is 9.87. The lowest BCUT2D eigenvalue weighted by Gasteiger charge is -2.31. The van der Waals surface area contributed by atoms with Gasteiger partial charge < -0.3 is 57.1 Å². The molecule has 6 atom stereocenters. The van der Waals surface area contributed by atoms with Gasteiger partial charge in [0.05, 0.1) is 11.1 Å². The number of thioether (sulfide) groups is 1. The molecule has 3 heterocycles. The highest BCUT2D eigenvalue weighted by Crippen LogP contribution is 2.32. The van der Waals surface area contributed by atoms with Gasteiger partial charge in [-0.2, -0.15) is 11.8 Å². The second-order valence-corrected chi connectivity index (χ2v) is 21.8. The van der Waals surface area contributed by atoms with Crippen LogP contribution in [0, 0.1) is 11.8 Å². The number of likely N-dealkylation sites (tertiary alicyclic amines) is 1. The zero-order chi connectivity index (χ0) is 58.0. The number of fused-ring (bicyclic) bond motifs is 1. The van der Waals surface area contributed by atoms with Gasteiger partial charge in [-0.3, -0.25) is 58.2 Å². The minimum atomic E-state index is -1.20. The van der Waals surface area contributed by atoms with E-state index in [9.17, 15) is 57.8 Å². The Balaban J connectivity index is 1.10. The smallest absolute Gasteiger partial charge is 0.326 e. The van der Waals surface area contributed by atoms with Crippen LogP contribution >= 0.6 is 11.8 Å². The molecule has 1 aromatic carbocycles. The number of hydrogen-bond donors (Lipinski definition) is 9. The van der Waals surface area contributed by atoms with Crippen molar-refractivity contribution in [3.8, 4) is 0 Å². The fourth-order valence-electron chi connectivity index (χ4n) is 9.40. The molecule has 79 heavy (non-hydrogen) atoms.